The Morgan fingerprint density at radius 3 is 2.46 bits per heavy atom. The third-order valence-corrected chi connectivity index (χ3v) is 3.91. The van der Waals surface area contributed by atoms with Crippen LogP contribution in [0.25, 0.3) is 16.9 Å². The fraction of sp³-hybridized carbons (Fsp3) is 0.400. The number of rotatable bonds is 4. The predicted molar refractivity (Wildman–Crippen MR) is 101 cm³/mol. The van der Waals surface area contributed by atoms with E-state index in [1.54, 1.807) is 0 Å². The van der Waals surface area contributed by atoms with Gasteiger partial charge in [0.05, 0.1) is 17.6 Å². The van der Waals surface area contributed by atoms with E-state index in [9.17, 15) is 0 Å². The van der Waals surface area contributed by atoms with Crippen LogP contribution >= 0.6 is 0 Å². The summed E-state index contributed by atoms with van der Waals surface area (Å²) in [7, 11) is 0. The molecule has 0 aliphatic rings. The van der Waals surface area contributed by atoms with Crippen LogP contribution in [0.4, 0.5) is 5.82 Å². The summed E-state index contributed by atoms with van der Waals surface area (Å²) in [5.74, 6) is 1.08. The Kier molecular flexibility index (Phi) is 4.31. The topological polar surface area (TPSA) is 42.2 Å². The molecule has 1 aromatic carbocycles. The molecule has 0 aliphatic heterocycles. The second-order valence-corrected chi connectivity index (χ2v) is 7.40. The standard InChI is InChI=1S/C20H26N4/c1-6-7-16-19(23-20(3,4)5)24-13-17(21-12-18(24)22-16)15-10-8-14(2)9-11-15/h8-13,23H,6-7H2,1-5H3. The van der Waals surface area contributed by atoms with E-state index < -0.39 is 0 Å². The Morgan fingerprint density at radius 1 is 1.12 bits per heavy atom. The van der Waals surface area contributed by atoms with Crippen molar-refractivity contribution in [1.29, 1.82) is 0 Å². The lowest BCUT2D eigenvalue weighted by Crippen LogP contribution is -2.27. The lowest BCUT2D eigenvalue weighted by atomic mass is 10.1. The molecule has 3 rings (SSSR count). The fourth-order valence-corrected chi connectivity index (χ4v) is 2.78. The number of anilines is 1. The summed E-state index contributed by atoms with van der Waals surface area (Å²) in [5.41, 5.74) is 5.31. The predicted octanol–water partition coefficient (Wildman–Crippen LogP) is 4.87. The Balaban J connectivity index is 2.12. The zero-order valence-electron chi connectivity index (χ0n) is 15.2. The van der Waals surface area contributed by atoms with Gasteiger partial charge in [-0.3, -0.25) is 9.38 Å². The van der Waals surface area contributed by atoms with Crippen LogP contribution in [0.15, 0.2) is 36.7 Å². The number of nitrogens with one attached hydrogen (secondary N) is 1. The first-order chi connectivity index (χ1) is 11.4. The normalized spacial score (nSPS) is 11.9. The van der Waals surface area contributed by atoms with Crippen LogP contribution in [0.2, 0.25) is 0 Å². The van der Waals surface area contributed by atoms with E-state index in [0.29, 0.717) is 0 Å². The van der Waals surface area contributed by atoms with E-state index >= 15 is 0 Å². The van der Waals surface area contributed by atoms with Crippen LogP contribution in [0, 0.1) is 6.92 Å². The monoisotopic (exact) mass is 322 g/mol. The van der Waals surface area contributed by atoms with Crippen LogP contribution in [0.5, 0.6) is 0 Å². The number of aromatic nitrogens is 3. The van der Waals surface area contributed by atoms with Crippen molar-refractivity contribution in [3.63, 3.8) is 0 Å². The van der Waals surface area contributed by atoms with Crippen molar-refractivity contribution in [2.24, 2.45) is 0 Å². The van der Waals surface area contributed by atoms with Crippen molar-refractivity contribution in [3.05, 3.63) is 47.9 Å². The van der Waals surface area contributed by atoms with Crippen molar-refractivity contribution in [2.45, 2.75) is 53.0 Å². The maximum absolute atomic E-state index is 4.77. The second-order valence-electron chi connectivity index (χ2n) is 7.40. The van der Waals surface area contributed by atoms with Gasteiger partial charge in [0.15, 0.2) is 5.65 Å². The highest BCUT2D eigenvalue weighted by Crippen LogP contribution is 2.25. The lowest BCUT2D eigenvalue weighted by molar-refractivity contribution is 0.627. The van der Waals surface area contributed by atoms with Gasteiger partial charge >= 0.3 is 0 Å². The first kappa shape index (κ1) is 16.5. The molecule has 2 aromatic heterocycles. The van der Waals surface area contributed by atoms with Crippen LogP contribution in [0.3, 0.4) is 0 Å². The molecule has 0 amide bonds. The first-order valence-electron chi connectivity index (χ1n) is 8.59. The molecular weight excluding hydrogens is 296 g/mol. The zero-order valence-corrected chi connectivity index (χ0v) is 15.2. The molecule has 1 N–H and O–H groups in total. The molecule has 0 bridgehead atoms. The SMILES string of the molecule is CCCc1nc2cnc(-c3ccc(C)cc3)cn2c1NC(C)(C)C. The van der Waals surface area contributed by atoms with Crippen molar-refractivity contribution in [3.8, 4) is 11.3 Å². The molecule has 3 aromatic rings. The van der Waals surface area contributed by atoms with Gasteiger partial charge in [-0.05, 0) is 34.1 Å². The molecule has 0 atom stereocenters. The van der Waals surface area contributed by atoms with Gasteiger partial charge in [0.2, 0.25) is 0 Å². The molecule has 0 fully saturated rings. The van der Waals surface area contributed by atoms with Crippen LogP contribution in [0.1, 0.15) is 45.4 Å². The molecule has 0 spiro atoms. The number of fused-ring (bicyclic) bond motifs is 1. The summed E-state index contributed by atoms with van der Waals surface area (Å²) in [6.45, 7) is 10.8. The van der Waals surface area contributed by atoms with Crippen LogP contribution in [-0.4, -0.2) is 19.9 Å². The first-order valence-corrected chi connectivity index (χ1v) is 8.59. The van der Waals surface area contributed by atoms with Crippen molar-refractivity contribution in [1.82, 2.24) is 14.4 Å². The highest BCUT2D eigenvalue weighted by molar-refractivity contribution is 5.63. The summed E-state index contributed by atoms with van der Waals surface area (Å²) in [5, 5.41) is 3.62. The molecule has 4 heteroatoms. The third-order valence-electron chi connectivity index (χ3n) is 3.91. The second kappa shape index (κ2) is 6.27. The number of benzene rings is 1. The number of hydrogen-bond acceptors (Lipinski definition) is 3. The van der Waals surface area contributed by atoms with Gasteiger partial charge < -0.3 is 5.32 Å². The molecule has 126 valence electrons. The fourth-order valence-electron chi connectivity index (χ4n) is 2.78. The van der Waals surface area contributed by atoms with Crippen molar-refractivity contribution >= 4 is 11.5 Å². The van der Waals surface area contributed by atoms with Gasteiger partial charge in [0, 0.05) is 17.3 Å². The molecule has 0 saturated heterocycles. The minimum atomic E-state index is -0.0221. The Labute approximate surface area is 144 Å². The third kappa shape index (κ3) is 3.42. The smallest absolute Gasteiger partial charge is 0.157 e. The number of imidazole rings is 1. The maximum Gasteiger partial charge on any atom is 0.157 e. The van der Waals surface area contributed by atoms with Crippen LogP contribution in [-0.2, 0) is 6.42 Å². The van der Waals surface area contributed by atoms with Gasteiger partial charge in [-0.15, -0.1) is 0 Å². The van der Waals surface area contributed by atoms with E-state index in [4.69, 9.17) is 4.98 Å². The zero-order chi connectivity index (χ0) is 17.3. The molecule has 2 heterocycles. The average molecular weight is 322 g/mol. The summed E-state index contributed by atoms with van der Waals surface area (Å²) < 4.78 is 2.14. The Bertz CT molecular complexity index is 838. The van der Waals surface area contributed by atoms with E-state index in [-0.39, 0.29) is 5.54 Å². The highest BCUT2D eigenvalue weighted by Gasteiger charge is 2.18. The molecule has 4 nitrogen and oxygen atoms in total. The Morgan fingerprint density at radius 2 is 1.83 bits per heavy atom. The van der Waals surface area contributed by atoms with Gasteiger partial charge in [-0.1, -0.05) is 43.2 Å². The Hall–Kier alpha value is -2.36. The van der Waals surface area contributed by atoms with E-state index in [0.717, 1.165) is 41.3 Å². The van der Waals surface area contributed by atoms with E-state index in [1.807, 2.05) is 6.20 Å². The number of aryl methyl sites for hydroxylation is 2. The molecule has 0 saturated carbocycles. The minimum absolute atomic E-state index is 0.0221. The molecule has 24 heavy (non-hydrogen) atoms. The number of hydrogen-bond donors (Lipinski definition) is 1. The summed E-state index contributed by atoms with van der Waals surface area (Å²) in [4.78, 5) is 9.38. The summed E-state index contributed by atoms with van der Waals surface area (Å²) in [6.07, 6.45) is 5.98. The summed E-state index contributed by atoms with van der Waals surface area (Å²) in [6, 6.07) is 8.46. The largest absolute Gasteiger partial charge is 0.365 e. The van der Waals surface area contributed by atoms with Gasteiger partial charge in [0.25, 0.3) is 0 Å². The van der Waals surface area contributed by atoms with Gasteiger partial charge in [0.1, 0.15) is 5.82 Å². The van der Waals surface area contributed by atoms with E-state index in [1.165, 1.54) is 5.56 Å². The molecule has 0 radical (unpaired) electrons. The quantitative estimate of drug-likeness (QED) is 0.745. The average Bonchev–Trinajstić information content (AvgIpc) is 2.84. The van der Waals surface area contributed by atoms with Gasteiger partial charge in [-0.2, -0.15) is 0 Å². The number of nitrogens with zero attached hydrogens (tertiary/aromatic N) is 3. The minimum Gasteiger partial charge on any atom is -0.365 e. The summed E-state index contributed by atoms with van der Waals surface area (Å²) >= 11 is 0. The van der Waals surface area contributed by atoms with Crippen molar-refractivity contribution < 1.29 is 0 Å². The molecule has 0 unspecified atom stereocenters. The lowest BCUT2D eigenvalue weighted by Gasteiger charge is -2.22. The molecular formula is C20H26N4. The van der Waals surface area contributed by atoms with Gasteiger partial charge in [-0.25, -0.2) is 4.98 Å². The highest BCUT2D eigenvalue weighted by atomic mass is 15.2. The van der Waals surface area contributed by atoms with Crippen molar-refractivity contribution in [2.75, 3.05) is 5.32 Å². The van der Waals surface area contributed by atoms with Crippen LogP contribution < -0.4 is 5.32 Å². The van der Waals surface area contributed by atoms with E-state index in [2.05, 4.69) is 79.8 Å². The maximum atomic E-state index is 4.77. The molecule has 0 aliphatic carbocycles.